The summed E-state index contributed by atoms with van der Waals surface area (Å²) in [7, 11) is 1.33. The highest BCUT2D eigenvalue weighted by molar-refractivity contribution is 7.15. The van der Waals surface area contributed by atoms with Crippen molar-refractivity contribution in [1.82, 2.24) is 4.98 Å². The van der Waals surface area contributed by atoms with E-state index in [4.69, 9.17) is 4.74 Å². The molecule has 1 aromatic carbocycles. The molecule has 8 heteroatoms. The lowest BCUT2D eigenvalue weighted by Gasteiger charge is -2.04. The largest absolute Gasteiger partial charge is 0.490 e. The molecule has 0 spiro atoms. The van der Waals surface area contributed by atoms with Crippen molar-refractivity contribution in [2.24, 2.45) is 0 Å². The Morgan fingerprint density at radius 2 is 2.25 bits per heavy atom. The van der Waals surface area contributed by atoms with Gasteiger partial charge in [0.25, 0.3) is 5.91 Å². The third-order valence-corrected chi connectivity index (χ3v) is 3.31. The number of carbonyl (C=O) groups excluding carboxylic acids is 1. The van der Waals surface area contributed by atoms with Crippen molar-refractivity contribution in [3.63, 3.8) is 0 Å². The number of nitro benzene ring substituents is 1. The molecule has 2 rings (SSSR count). The van der Waals surface area contributed by atoms with Crippen LogP contribution >= 0.6 is 11.3 Å². The van der Waals surface area contributed by atoms with Crippen LogP contribution in [0.15, 0.2) is 24.4 Å². The summed E-state index contributed by atoms with van der Waals surface area (Å²) in [6.07, 6.45) is 1.64. The topological polar surface area (TPSA) is 94.4 Å². The Hall–Kier alpha value is -2.48. The minimum absolute atomic E-state index is 0.108. The molecule has 0 aliphatic carbocycles. The number of amides is 1. The van der Waals surface area contributed by atoms with Gasteiger partial charge in [0.1, 0.15) is 0 Å². The highest BCUT2D eigenvalue weighted by atomic mass is 32.1. The molecule has 1 heterocycles. The van der Waals surface area contributed by atoms with Crippen molar-refractivity contribution in [1.29, 1.82) is 0 Å². The van der Waals surface area contributed by atoms with Crippen molar-refractivity contribution in [3.8, 4) is 5.75 Å². The number of rotatable bonds is 4. The molecular formula is C12H11N3O4S. The number of aryl methyl sites for hydroxylation is 1. The highest BCUT2D eigenvalue weighted by Gasteiger charge is 2.18. The molecule has 0 bridgehead atoms. The number of nitrogens with one attached hydrogen (secondary N) is 1. The number of thiazole rings is 1. The van der Waals surface area contributed by atoms with Crippen molar-refractivity contribution >= 4 is 28.1 Å². The summed E-state index contributed by atoms with van der Waals surface area (Å²) in [5.41, 5.74) is -0.0826. The van der Waals surface area contributed by atoms with Crippen molar-refractivity contribution in [3.05, 3.63) is 45.0 Å². The minimum Gasteiger partial charge on any atom is -0.490 e. The standard InChI is InChI=1S/C12H11N3O4S/c1-7-6-13-12(20-7)14-11(16)8-3-4-10(19-2)9(5-8)15(17)18/h3-6H,1-2H3,(H,13,14,16). The van der Waals surface area contributed by atoms with E-state index in [0.717, 1.165) is 4.88 Å². The van der Waals surface area contributed by atoms with Gasteiger partial charge < -0.3 is 4.74 Å². The number of hydrogen-bond donors (Lipinski definition) is 1. The molecular weight excluding hydrogens is 282 g/mol. The van der Waals surface area contributed by atoms with Gasteiger partial charge in [-0.25, -0.2) is 4.98 Å². The average Bonchev–Trinajstić information content (AvgIpc) is 2.83. The van der Waals surface area contributed by atoms with Gasteiger partial charge in [0.15, 0.2) is 10.9 Å². The molecule has 104 valence electrons. The Labute approximate surface area is 118 Å². The normalized spacial score (nSPS) is 10.1. The van der Waals surface area contributed by atoms with Crippen molar-refractivity contribution in [2.45, 2.75) is 6.92 Å². The average molecular weight is 293 g/mol. The maximum absolute atomic E-state index is 12.0. The minimum atomic E-state index is -0.594. The first-order valence-electron chi connectivity index (χ1n) is 5.57. The molecule has 0 aliphatic heterocycles. The highest BCUT2D eigenvalue weighted by Crippen LogP contribution is 2.28. The van der Waals surface area contributed by atoms with E-state index < -0.39 is 10.8 Å². The van der Waals surface area contributed by atoms with E-state index in [2.05, 4.69) is 10.3 Å². The van der Waals surface area contributed by atoms with E-state index in [1.807, 2.05) is 6.92 Å². The van der Waals surface area contributed by atoms with E-state index in [9.17, 15) is 14.9 Å². The first kappa shape index (κ1) is 13.9. The van der Waals surface area contributed by atoms with Gasteiger partial charge in [-0.1, -0.05) is 0 Å². The Kier molecular flexibility index (Phi) is 3.94. The van der Waals surface area contributed by atoms with Gasteiger partial charge >= 0.3 is 5.69 Å². The Morgan fingerprint density at radius 1 is 1.50 bits per heavy atom. The zero-order valence-corrected chi connectivity index (χ0v) is 11.6. The molecule has 1 N–H and O–H groups in total. The van der Waals surface area contributed by atoms with Gasteiger partial charge in [-0.3, -0.25) is 20.2 Å². The van der Waals surface area contributed by atoms with E-state index in [-0.39, 0.29) is 17.0 Å². The zero-order valence-electron chi connectivity index (χ0n) is 10.7. The molecule has 0 fully saturated rings. The third kappa shape index (κ3) is 2.91. The second-order valence-electron chi connectivity index (χ2n) is 3.87. The van der Waals surface area contributed by atoms with E-state index in [1.165, 1.54) is 36.6 Å². The number of aromatic nitrogens is 1. The van der Waals surface area contributed by atoms with Gasteiger partial charge in [0, 0.05) is 22.7 Å². The molecule has 1 amide bonds. The Morgan fingerprint density at radius 3 is 2.80 bits per heavy atom. The lowest BCUT2D eigenvalue weighted by molar-refractivity contribution is -0.385. The number of benzene rings is 1. The number of methoxy groups -OCH3 is 1. The summed E-state index contributed by atoms with van der Waals surface area (Å²) in [5, 5.41) is 13.9. The van der Waals surface area contributed by atoms with Crippen LogP contribution in [0.2, 0.25) is 0 Å². The Balaban J connectivity index is 2.26. The van der Waals surface area contributed by atoms with E-state index in [0.29, 0.717) is 5.13 Å². The number of hydrogen-bond acceptors (Lipinski definition) is 6. The second-order valence-corrected chi connectivity index (χ2v) is 5.11. The first-order chi connectivity index (χ1) is 9.51. The molecule has 0 unspecified atom stereocenters. The number of carbonyl (C=O) groups is 1. The van der Waals surface area contributed by atoms with Crippen LogP contribution in [0.3, 0.4) is 0 Å². The van der Waals surface area contributed by atoms with Crippen molar-refractivity contribution in [2.75, 3.05) is 12.4 Å². The lowest BCUT2D eigenvalue weighted by atomic mass is 10.2. The predicted molar refractivity (Wildman–Crippen MR) is 74.5 cm³/mol. The number of nitrogens with zero attached hydrogens (tertiary/aromatic N) is 2. The zero-order chi connectivity index (χ0) is 14.7. The van der Waals surface area contributed by atoms with Gasteiger partial charge in [-0.15, -0.1) is 11.3 Å². The maximum Gasteiger partial charge on any atom is 0.311 e. The van der Waals surface area contributed by atoms with Crippen LogP contribution in [-0.2, 0) is 0 Å². The number of anilines is 1. The van der Waals surface area contributed by atoms with Gasteiger partial charge in [-0.2, -0.15) is 0 Å². The van der Waals surface area contributed by atoms with Gasteiger partial charge in [0.05, 0.1) is 12.0 Å². The molecule has 0 radical (unpaired) electrons. The summed E-state index contributed by atoms with van der Waals surface area (Å²) < 4.78 is 4.88. The molecule has 20 heavy (non-hydrogen) atoms. The van der Waals surface area contributed by atoms with Crippen LogP contribution in [0.5, 0.6) is 5.75 Å². The number of ether oxygens (including phenoxy) is 1. The molecule has 0 saturated carbocycles. The first-order valence-corrected chi connectivity index (χ1v) is 6.39. The quantitative estimate of drug-likeness (QED) is 0.690. The van der Waals surface area contributed by atoms with E-state index in [1.54, 1.807) is 6.20 Å². The van der Waals surface area contributed by atoms with Gasteiger partial charge in [0.2, 0.25) is 0 Å². The van der Waals surface area contributed by atoms with Crippen molar-refractivity contribution < 1.29 is 14.5 Å². The summed E-state index contributed by atoms with van der Waals surface area (Å²) in [6.45, 7) is 1.87. The predicted octanol–water partition coefficient (Wildman–Crippen LogP) is 2.62. The fourth-order valence-electron chi connectivity index (χ4n) is 1.56. The smallest absolute Gasteiger partial charge is 0.311 e. The molecule has 1 aromatic heterocycles. The van der Waals surface area contributed by atoms with Crippen LogP contribution in [0.4, 0.5) is 10.8 Å². The van der Waals surface area contributed by atoms with Crippen LogP contribution in [0.1, 0.15) is 15.2 Å². The molecule has 0 aliphatic rings. The summed E-state index contributed by atoms with van der Waals surface area (Å²) in [4.78, 5) is 27.3. The summed E-state index contributed by atoms with van der Waals surface area (Å²) in [6, 6.07) is 4.02. The molecule has 0 saturated heterocycles. The second kappa shape index (κ2) is 5.66. The summed E-state index contributed by atoms with van der Waals surface area (Å²) >= 11 is 1.33. The molecule has 0 atom stereocenters. The third-order valence-electron chi connectivity index (χ3n) is 2.48. The lowest BCUT2D eigenvalue weighted by Crippen LogP contribution is -2.12. The fraction of sp³-hybridized carbons (Fsp3) is 0.167. The van der Waals surface area contributed by atoms with Crippen LogP contribution in [0, 0.1) is 17.0 Å². The summed E-state index contributed by atoms with van der Waals surface area (Å²) in [5.74, 6) is -0.346. The van der Waals surface area contributed by atoms with Gasteiger partial charge in [-0.05, 0) is 19.1 Å². The van der Waals surface area contributed by atoms with E-state index >= 15 is 0 Å². The monoisotopic (exact) mass is 293 g/mol. The maximum atomic E-state index is 12.0. The SMILES string of the molecule is COc1ccc(C(=O)Nc2ncc(C)s2)cc1[N+](=O)[O-]. The molecule has 7 nitrogen and oxygen atoms in total. The van der Waals surface area contributed by atoms with Crippen LogP contribution in [0.25, 0.3) is 0 Å². The Bertz CT molecular complexity index is 668. The van der Waals surface area contributed by atoms with Crippen LogP contribution < -0.4 is 10.1 Å². The fourth-order valence-corrected chi connectivity index (χ4v) is 2.22. The number of nitro groups is 1. The molecule has 2 aromatic rings. The van der Waals surface area contributed by atoms with Crippen LogP contribution in [-0.4, -0.2) is 22.9 Å².